The largest absolute Gasteiger partial charge is 0.433 e. The molecule has 0 saturated carbocycles. The van der Waals surface area contributed by atoms with Gasteiger partial charge >= 0.3 is 6.18 Å². The van der Waals surface area contributed by atoms with E-state index in [-0.39, 0.29) is 11.9 Å². The molecule has 1 N–H and O–H groups in total. The van der Waals surface area contributed by atoms with Crippen LogP contribution in [0.2, 0.25) is 0 Å². The van der Waals surface area contributed by atoms with Gasteiger partial charge in [-0.1, -0.05) is 6.07 Å². The van der Waals surface area contributed by atoms with E-state index in [1.54, 1.807) is 33.9 Å². The van der Waals surface area contributed by atoms with Gasteiger partial charge in [-0.2, -0.15) is 23.3 Å². The summed E-state index contributed by atoms with van der Waals surface area (Å²) in [6.07, 6.45) is 2.31. The van der Waals surface area contributed by atoms with Gasteiger partial charge in [0.25, 0.3) is 0 Å². The molecule has 0 amide bonds. The fourth-order valence-electron chi connectivity index (χ4n) is 3.89. The summed E-state index contributed by atoms with van der Waals surface area (Å²) < 4.78 is 41.3. The summed E-state index contributed by atoms with van der Waals surface area (Å²) in [7, 11) is 1.91. The first-order valence-corrected chi connectivity index (χ1v) is 10.6. The van der Waals surface area contributed by atoms with E-state index in [4.69, 9.17) is 0 Å². The molecule has 4 aromatic heterocycles. The number of nitrogens with one attached hydrogen (secondary N) is 1. The van der Waals surface area contributed by atoms with E-state index in [2.05, 4.69) is 25.4 Å². The van der Waals surface area contributed by atoms with Gasteiger partial charge in [-0.3, -0.25) is 19.0 Å². The Bertz CT molecular complexity index is 1360. The van der Waals surface area contributed by atoms with Crippen molar-refractivity contribution in [2.45, 2.75) is 38.7 Å². The number of aromatic nitrogens is 6. The third-order valence-electron chi connectivity index (χ3n) is 5.85. The fraction of sp³-hybridized carbons (Fsp3) is 0.318. The third kappa shape index (κ3) is 4.06. The van der Waals surface area contributed by atoms with Crippen LogP contribution in [0.15, 0.2) is 43.0 Å². The average Bonchev–Trinajstić information content (AvgIpc) is 3.41. The third-order valence-corrected chi connectivity index (χ3v) is 5.85. The summed E-state index contributed by atoms with van der Waals surface area (Å²) in [4.78, 5) is 27.2. The minimum absolute atomic E-state index is 0.00345. The maximum absolute atomic E-state index is 12.7. The number of nitrogens with zero attached hydrogens (tertiary/aromatic N) is 7. The second-order valence-corrected chi connectivity index (χ2v) is 8.30. The van der Waals surface area contributed by atoms with Crippen molar-refractivity contribution in [3.63, 3.8) is 0 Å². The molecule has 176 valence electrons. The standard InChI is InChI=1S/C22H21F3N8O/c1-13-7-18(34)33-6-5-16-19(33)20(31(13)2)30-21(29-16)27-9-15-10-28-32(12-15)11-14-3-4-17(26-8-14)22(23,24)25/h3-6,8,10,12-13H,7,9,11H2,1-2H3,(H,27,29,30)/t13-/m1/s1. The minimum atomic E-state index is -4.46. The molecule has 1 aliphatic heterocycles. The van der Waals surface area contributed by atoms with E-state index >= 15 is 0 Å². The van der Waals surface area contributed by atoms with Crippen LogP contribution in [-0.2, 0) is 19.3 Å². The first-order valence-electron chi connectivity index (χ1n) is 10.6. The molecule has 5 rings (SSSR count). The highest BCUT2D eigenvalue weighted by Gasteiger charge is 2.32. The van der Waals surface area contributed by atoms with Crippen molar-refractivity contribution in [2.75, 3.05) is 17.3 Å². The molecule has 0 saturated heterocycles. The lowest BCUT2D eigenvalue weighted by molar-refractivity contribution is -0.141. The van der Waals surface area contributed by atoms with Crippen LogP contribution in [0.3, 0.4) is 0 Å². The van der Waals surface area contributed by atoms with E-state index < -0.39 is 11.9 Å². The summed E-state index contributed by atoms with van der Waals surface area (Å²) in [5.74, 6) is 1.11. The molecule has 1 atom stereocenters. The van der Waals surface area contributed by atoms with E-state index in [9.17, 15) is 18.0 Å². The molecule has 0 aliphatic carbocycles. The molecule has 0 bridgehead atoms. The molecular weight excluding hydrogens is 449 g/mol. The normalized spacial score (nSPS) is 16.2. The maximum atomic E-state index is 12.7. The lowest BCUT2D eigenvalue weighted by atomic mass is 10.2. The number of anilines is 2. The van der Waals surface area contributed by atoms with Crippen LogP contribution in [0.5, 0.6) is 0 Å². The number of pyridine rings is 1. The average molecular weight is 470 g/mol. The highest BCUT2D eigenvalue weighted by molar-refractivity contribution is 5.98. The van der Waals surface area contributed by atoms with Crippen molar-refractivity contribution in [1.82, 2.24) is 29.3 Å². The fourth-order valence-corrected chi connectivity index (χ4v) is 3.89. The van der Waals surface area contributed by atoms with Gasteiger partial charge in [0.15, 0.2) is 5.82 Å². The first-order chi connectivity index (χ1) is 16.2. The van der Waals surface area contributed by atoms with Gasteiger partial charge in [-0.15, -0.1) is 0 Å². The highest BCUT2D eigenvalue weighted by atomic mass is 19.4. The zero-order valence-corrected chi connectivity index (χ0v) is 18.4. The second kappa shape index (κ2) is 8.12. The number of alkyl halides is 3. The Kier molecular flexibility index (Phi) is 5.22. The Labute approximate surface area is 192 Å². The van der Waals surface area contributed by atoms with Gasteiger partial charge in [-0.05, 0) is 24.6 Å². The number of hydrogen-bond donors (Lipinski definition) is 1. The number of hydrogen-bond acceptors (Lipinski definition) is 7. The van der Waals surface area contributed by atoms with Crippen molar-refractivity contribution in [2.24, 2.45) is 0 Å². The van der Waals surface area contributed by atoms with Crippen LogP contribution in [0.1, 0.15) is 35.0 Å². The molecular formula is C22H21F3N8O. The number of carbonyl (C=O) groups is 1. The Morgan fingerprint density at radius 1 is 1.15 bits per heavy atom. The molecule has 0 aromatic carbocycles. The SMILES string of the molecule is C[C@@H]1CC(=O)n2ccc3nc(NCc4cnn(Cc5ccc(C(F)(F)F)nc5)c4)nc(c32)N1C. The second-order valence-electron chi connectivity index (χ2n) is 8.30. The molecule has 0 radical (unpaired) electrons. The molecule has 0 fully saturated rings. The summed E-state index contributed by atoms with van der Waals surface area (Å²) in [6, 6.07) is 4.14. The van der Waals surface area contributed by atoms with Gasteiger partial charge < -0.3 is 10.2 Å². The zero-order valence-electron chi connectivity index (χ0n) is 18.4. The molecule has 9 nitrogen and oxygen atoms in total. The van der Waals surface area contributed by atoms with Crippen LogP contribution in [0, 0.1) is 0 Å². The quantitative estimate of drug-likeness (QED) is 0.477. The summed E-state index contributed by atoms with van der Waals surface area (Å²) in [6.45, 7) is 2.67. The van der Waals surface area contributed by atoms with Crippen LogP contribution in [0.25, 0.3) is 11.0 Å². The van der Waals surface area contributed by atoms with Crippen molar-refractivity contribution in [1.29, 1.82) is 0 Å². The number of halogens is 3. The van der Waals surface area contributed by atoms with Gasteiger partial charge in [-0.25, -0.2) is 4.98 Å². The van der Waals surface area contributed by atoms with Crippen molar-refractivity contribution >= 4 is 28.7 Å². The Balaban J connectivity index is 1.30. The summed E-state index contributed by atoms with van der Waals surface area (Å²) in [5.41, 5.74) is 1.90. The summed E-state index contributed by atoms with van der Waals surface area (Å²) >= 11 is 0. The molecule has 0 spiro atoms. The van der Waals surface area contributed by atoms with Crippen molar-refractivity contribution in [3.8, 4) is 0 Å². The first kappa shape index (κ1) is 21.9. The van der Waals surface area contributed by atoms with Crippen molar-refractivity contribution < 1.29 is 18.0 Å². The molecule has 4 aromatic rings. The van der Waals surface area contributed by atoms with Crippen LogP contribution < -0.4 is 10.2 Å². The van der Waals surface area contributed by atoms with E-state index in [0.717, 1.165) is 11.6 Å². The van der Waals surface area contributed by atoms with Gasteiger partial charge in [0.2, 0.25) is 11.9 Å². The highest BCUT2D eigenvalue weighted by Crippen LogP contribution is 2.31. The predicted molar refractivity (Wildman–Crippen MR) is 119 cm³/mol. The smallest absolute Gasteiger partial charge is 0.355 e. The van der Waals surface area contributed by atoms with Crippen LogP contribution in [0.4, 0.5) is 24.9 Å². The number of rotatable bonds is 5. The molecule has 12 heteroatoms. The Morgan fingerprint density at radius 2 is 1.97 bits per heavy atom. The van der Waals surface area contributed by atoms with E-state index in [1.165, 1.54) is 12.3 Å². The maximum Gasteiger partial charge on any atom is 0.433 e. The van der Waals surface area contributed by atoms with E-state index in [0.29, 0.717) is 47.9 Å². The lowest BCUT2D eigenvalue weighted by Gasteiger charge is -2.23. The van der Waals surface area contributed by atoms with Gasteiger partial charge in [0, 0.05) is 50.2 Å². The van der Waals surface area contributed by atoms with Gasteiger partial charge in [0.05, 0.1) is 18.3 Å². The van der Waals surface area contributed by atoms with Crippen LogP contribution >= 0.6 is 0 Å². The van der Waals surface area contributed by atoms with Crippen LogP contribution in [-0.4, -0.2) is 48.3 Å². The molecule has 34 heavy (non-hydrogen) atoms. The Morgan fingerprint density at radius 3 is 2.71 bits per heavy atom. The zero-order chi connectivity index (χ0) is 24.0. The molecule has 1 aliphatic rings. The minimum Gasteiger partial charge on any atom is -0.355 e. The summed E-state index contributed by atoms with van der Waals surface area (Å²) in [5, 5.41) is 7.47. The number of carbonyl (C=O) groups excluding carboxylic acids is 1. The van der Waals surface area contributed by atoms with E-state index in [1.807, 2.05) is 18.9 Å². The predicted octanol–water partition coefficient (Wildman–Crippen LogP) is 3.57. The van der Waals surface area contributed by atoms with Crippen molar-refractivity contribution in [3.05, 3.63) is 59.8 Å². The lowest BCUT2D eigenvalue weighted by Crippen LogP contribution is -2.30. The Hall–Kier alpha value is -3.96. The topological polar surface area (TPSA) is 93.8 Å². The monoisotopic (exact) mass is 470 g/mol. The molecule has 5 heterocycles. The molecule has 0 unspecified atom stereocenters. The van der Waals surface area contributed by atoms with Gasteiger partial charge in [0.1, 0.15) is 11.2 Å².